The van der Waals surface area contributed by atoms with E-state index < -0.39 is 6.10 Å². The van der Waals surface area contributed by atoms with Gasteiger partial charge in [0.1, 0.15) is 18.4 Å². The molecule has 4 heteroatoms. The Morgan fingerprint density at radius 2 is 2.00 bits per heavy atom. The second-order valence-corrected chi connectivity index (χ2v) is 4.94. The molecule has 0 saturated heterocycles. The lowest BCUT2D eigenvalue weighted by Gasteiger charge is -2.11. The lowest BCUT2D eigenvalue weighted by Crippen LogP contribution is -2.80. The Kier molecular flexibility index (Phi) is 5.09. The number of benzene rings is 2. The van der Waals surface area contributed by atoms with Gasteiger partial charge >= 0.3 is 5.97 Å². The zero-order valence-electron chi connectivity index (χ0n) is 12.2. The lowest BCUT2D eigenvalue weighted by molar-refractivity contribution is -0.634. The average Bonchev–Trinajstić information content (AvgIpc) is 2.48. The predicted octanol–water partition coefficient (Wildman–Crippen LogP) is 1.44. The Hall–Kier alpha value is -2.17. The fourth-order valence-electron chi connectivity index (χ4n) is 2.11. The van der Waals surface area contributed by atoms with Crippen molar-refractivity contribution in [3.63, 3.8) is 0 Å². The molecule has 0 fully saturated rings. The Bertz CT molecular complexity index is 625. The molecule has 0 radical (unpaired) electrons. The number of hydrogen-bond acceptors (Lipinski definition) is 3. The van der Waals surface area contributed by atoms with Gasteiger partial charge in [-0.25, -0.2) is 4.79 Å². The summed E-state index contributed by atoms with van der Waals surface area (Å²) in [5.74, 6) is 0.0534. The molecule has 0 heterocycles. The number of aliphatic hydroxyl groups is 1. The maximum atomic E-state index is 12.2. The number of aliphatic hydroxyl groups excluding tert-OH is 1. The molecule has 0 amide bonds. The van der Waals surface area contributed by atoms with E-state index in [1.807, 2.05) is 37.5 Å². The van der Waals surface area contributed by atoms with Crippen LogP contribution in [0.2, 0.25) is 0 Å². The number of nitrogens with two attached hydrogens (primary N) is 1. The molecule has 21 heavy (non-hydrogen) atoms. The van der Waals surface area contributed by atoms with Gasteiger partial charge in [0.05, 0.1) is 12.6 Å². The smallest absolute Gasteiger partial charge is 0.343 e. The molecular weight excluding hydrogens is 266 g/mol. The normalized spacial score (nSPS) is 12.0. The van der Waals surface area contributed by atoms with Gasteiger partial charge < -0.3 is 15.2 Å². The van der Waals surface area contributed by atoms with Crippen LogP contribution in [0.25, 0.3) is 0 Å². The molecule has 0 aromatic heterocycles. The molecule has 0 aliphatic rings. The van der Waals surface area contributed by atoms with Crippen LogP contribution in [-0.4, -0.2) is 24.7 Å². The molecule has 4 nitrogen and oxygen atoms in total. The Labute approximate surface area is 124 Å². The zero-order chi connectivity index (χ0) is 15.2. The number of esters is 1. The van der Waals surface area contributed by atoms with Crippen molar-refractivity contribution in [1.82, 2.24) is 0 Å². The summed E-state index contributed by atoms with van der Waals surface area (Å²) in [6.45, 7) is 2.43. The second kappa shape index (κ2) is 7.02. The molecule has 3 N–H and O–H groups in total. The number of carbonyl (C=O) groups is 1. The first-order valence-electron chi connectivity index (χ1n) is 6.95. The number of quaternary nitrogens is 1. The maximum Gasteiger partial charge on any atom is 0.343 e. The highest BCUT2D eigenvalue weighted by Crippen LogP contribution is 2.20. The third-order valence-corrected chi connectivity index (χ3v) is 3.28. The highest BCUT2D eigenvalue weighted by Gasteiger charge is 2.13. The van der Waals surface area contributed by atoms with E-state index in [0.29, 0.717) is 17.9 Å². The summed E-state index contributed by atoms with van der Waals surface area (Å²) in [4.78, 5) is 12.2. The van der Waals surface area contributed by atoms with Crippen LogP contribution in [0.5, 0.6) is 5.75 Å². The van der Waals surface area contributed by atoms with E-state index in [0.717, 1.165) is 11.1 Å². The molecule has 0 unspecified atom stereocenters. The Balaban J connectivity index is 2.15. The minimum atomic E-state index is -0.577. The van der Waals surface area contributed by atoms with Crippen molar-refractivity contribution in [2.24, 2.45) is 0 Å². The summed E-state index contributed by atoms with van der Waals surface area (Å²) in [6, 6.07) is 14.3. The molecule has 0 aliphatic carbocycles. The molecule has 2 aromatic rings. The summed E-state index contributed by atoms with van der Waals surface area (Å²) >= 11 is 0. The monoisotopic (exact) mass is 286 g/mol. The predicted molar refractivity (Wildman–Crippen MR) is 80.3 cm³/mol. The van der Waals surface area contributed by atoms with E-state index in [1.165, 1.54) is 0 Å². The van der Waals surface area contributed by atoms with Crippen LogP contribution in [0.1, 0.15) is 27.6 Å². The van der Waals surface area contributed by atoms with Crippen molar-refractivity contribution < 1.29 is 20.0 Å². The first-order valence-corrected chi connectivity index (χ1v) is 6.95. The number of likely N-dealkylation sites (N-methyl/N-ethyl adjacent to an activating group) is 1. The van der Waals surface area contributed by atoms with E-state index in [2.05, 4.69) is 0 Å². The van der Waals surface area contributed by atoms with Crippen molar-refractivity contribution in [1.29, 1.82) is 0 Å². The van der Waals surface area contributed by atoms with Crippen LogP contribution in [0.4, 0.5) is 0 Å². The van der Waals surface area contributed by atoms with Gasteiger partial charge in [0, 0.05) is 0 Å². The third kappa shape index (κ3) is 3.90. The fourth-order valence-corrected chi connectivity index (χ4v) is 2.11. The van der Waals surface area contributed by atoms with Crippen molar-refractivity contribution in [3.8, 4) is 5.75 Å². The molecular formula is C17H20NO3+. The third-order valence-electron chi connectivity index (χ3n) is 3.28. The topological polar surface area (TPSA) is 63.1 Å². The van der Waals surface area contributed by atoms with Crippen LogP contribution in [0.15, 0.2) is 48.5 Å². The molecule has 0 bridgehead atoms. The average molecular weight is 286 g/mol. The van der Waals surface area contributed by atoms with Gasteiger partial charge in [-0.05, 0) is 36.2 Å². The first-order chi connectivity index (χ1) is 10.1. The van der Waals surface area contributed by atoms with Gasteiger partial charge in [-0.2, -0.15) is 0 Å². The number of aryl methyl sites for hydroxylation is 1. The summed E-state index contributed by atoms with van der Waals surface area (Å²) in [5, 5.41) is 11.9. The molecule has 110 valence electrons. The lowest BCUT2D eigenvalue weighted by atomic mass is 10.1. The Morgan fingerprint density at radius 3 is 2.71 bits per heavy atom. The van der Waals surface area contributed by atoms with E-state index in [4.69, 9.17) is 4.74 Å². The van der Waals surface area contributed by atoms with Gasteiger partial charge in [0.15, 0.2) is 0 Å². The summed E-state index contributed by atoms with van der Waals surface area (Å²) in [6.07, 6.45) is -0.577. The molecule has 0 saturated carbocycles. The highest BCUT2D eigenvalue weighted by atomic mass is 16.5. The van der Waals surface area contributed by atoms with Gasteiger partial charge in [-0.15, -0.1) is 0 Å². The van der Waals surface area contributed by atoms with Crippen LogP contribution in [-0.2, 0) is 0 Å². The van der Waals surface area contributed by atoms with E-state index in [1.54, 1.807) is 30.3 Å². The maximum absolute atomic E-state index is 12.2. The number of ether oxygens (including phenoxy) is 1. The van der Waals surface area contributed by atoms with Crippen molar-refractivity contribution in [2.45, 2.75) is 13.0 Å². The van der Waals surface area contributed by atoms with Crippen molar-refractivity contribution in [2.75, 3.05) is 13.6 Å². The molecule has 0 aliphatic heterocycles. The van der Waals surface area contributed by atoms with E-state index in [9.17, 15) is 9.90 Å². The summed E-state index contributed by atoms with van der Waals surface area (Å²) < 4.78 is 5.39. The zero-order valence-corrected chi connectivity index (χ0v) is 12.2. The van der Waals surface area contributed by atoms with Gasteiger partial charge in [-0.3, -0.25) is 0 Å². The SMILES string of the molecule is C[NH2+]C[C@@H](O)c1cccc(OC(=O)c2ccccc2C)c1. The molecule has 2 rings (SSSR count). The first kappa shape index (κ1) is 15.2. The summed E-state index contributed by atoms with van der Waals surface area (Å²) in [7, 11) is 1.89. The molecule has 1 atom stereocenters. The van der Waals surface area contributed by atoms with Gasteiger partial charge in [0.2, 0.25) is 0 Å². The van der Waals surface area contributed by atoms with Crippen molar-refractivity contribution in [3.05, 3.63) is 65.2 Å². The van der Waals surface area contributed by atoms with Crippen LogP contribution in [0.3, 0.4) is 0 Å². The fraction of sp³-hybridized carbons (Fsp3) is 0.235. The van der Waals surface area contributed by atoms with Crippen LogP contribution < -0.4 is 10.1 Å². The minimum absolute atomic E-state index is 0.387. The number of rotatable bonds is 5. The van der Waals surface area contributed by atoms with Gasteiger partial charge in [-0.1, -0.05) is 30.3 Å². The second-order valence-electron chi connectivity index (χ2n) is 4.94. The Morgan fingerprint density at radius 1 is 1.24 bits per heavy atom. The molecule has 2 aromatic carbocycles. The van der Waals surface area contributed by atoms with Crippen LogP contribution >= 0.6 is 0 Å². The minimum Gasteiger partial charge on any atom is -0.423 e. The molecule has 0 spiro atoms. The van der Waals surface area contributed by atoms with Crippen molar-refractivity contribution >= 4 is 5.97 Å². The van der Waals surface area contributed by atoms with E-state index >= 15 is 0 Å². The number of carbonyl (C=O) groups excluding carboxylic acids is 1. The van der Waals surface area contributed by atoms with Crippen LogP contribution in [0, 0.1) is 6.92 Å². The van der Waals surface area contributed by atoms with Gasteiger partial charge in [0.25, 0.3) is 0 Å². The summed E-state index contributed by atoms with van der Waals surface area (Å²) in [5.41, 5.74) is 2.16. The quantitative estimate of drug-likeness (QED) is 0.646. The van der Waals surface area contributed by atoms with E-state index in [-0.39, 0.29) is 5.97 Å². The number of hydrogen-bond donors (Lipinski definition) is 2. The standard InChI is InChI=1S/C17H19NO3/c1-12-6-3-4-9-15(12)17(20)21-14-8-5-7-13(10-14)16(19)11-18-2/h3-10,16,18-19H,11H2,1-2H3/p+1/t16-/m1/s1. The highest BCUT2D eigenvalue weighted by molar-refractivity contribution is 5.92. The largest absolute Gasteiger partial charge is 0.423 e.